The Balaban J connectivity index is 1.51. The van der Waals surface area contributed by atoms with E-state index in [-0.39, 0.29) is 17.6 Å². The Morgan fingerprint density at radius 1 is 0.967 bits per heavy atom. The number of allylic oxidation sites excluding steroid dienone is 2. The molecule has 0 saturated carbocycles. The van der Waals surface area contributed by atoms with Crippen molar-refractivity contribution in [2.75, 3.05) is 16.4 Å². The molecule has 30 heavy (non-hydrogen) atoms. The van der Waals surface area contributed by atoms with Crippen molar-refractivity contribution in [1.29, 1.82) is 0 Å². The molecule has 2 aromatic carbocycles. The number of carbonyl (C=O) groups excluding carboxylic acids is 2. The summed E-state index contributed by atoms with van der Waals surface area (Å²) < 4.78 is 0. The topological polar surface area (TPSA) is 95.5 Å². The fraction of sp³-hybridized carbons (Fsp3) is 0.261. The maximum absolute atomic E-state index is 12.5. The standard InChI is InChI=1S/C23H24N2O4S/c1-15-6-2-5-9-20(15)25-21(26)14-30-17-12-10-16(11-13-17)24-22(27)18-7-3-4-8-19(18)23(28)29/h2-6,9-13,18-19H,7-8,14H2,1H3,(H,24,27)(H,25,26)(H,28,29). The van der Waals surface area contributed by atoms with Crippen LogP contribution in [-0.2, 0) is 14.4 Å². The molecule has 0 bridgehead atoms. The number of amides is 2. The van der Waals surface area contributed by atoms with Crippen LogP contribution in [0.15, 0.2) is 65.6 Å². The van der Waals surface area contributed by atoms with Gasteiger partial charge in [0.05, 0.1) is 17.6 Å². The van der Waals surface area contributed by atoms with Crippen molar-refractivity contribution in [3.63, 3.8) is 0 Å². The van der Waals surface area contributed by atoms with Crippen LogP contribution >= 0.6 is 11.8 Å². The zero-order chi connectivity index (χ0) is 21.5. The number of rotatable bonds is 7. The molecule has 3 rings (SSSR count). The van der Waals surface area contributed by atoms with E-state index < -0.39 is 17.8 Å². The first kappa shape index (κ1) is 21.6. The first-order chi connectivity index (χ1) is 14.4. The van der Waals surface area contributed by atoms with Crippen molar-refractivity contribution < 1.29 is 19.5 Å². The summed E-state index contributed by atoms with van der Waals surface area (Å²) in [6.45, 7) is 1.94. The number of carbonyl (C=O) groups is 3. The Hall–Kier alpha value is -3.06. The number of para-hydroxylation sites is 1. The van der Waals surface area contributed by atoms with Crippen molar-refractivity contribution in [3.05, 3.63) is 66.2 Å². The van der Waals surface area contributed by atoms with Crippen LogP contribution in [-0.4, -0.2) is 28.6 Å². The molecule has 156 valence electrons. The van der Waals surface area contributed by atoms with Crippen LogP contribution in [0, 0.1) is 18.8 Å². The van der Waals surface area contributed by atoms with E-state index in [1.807, 2.05) is 55.5 Å². The number of aliphatic carboxylic acids is 1. The van der Waals surface area contributed by atoms with Gasteiger partial charge in [0.25, 0.3) is 0 Å². The number of hydrogen-bond donors (Lipinski definition) is 3. The van der Waals surface area contributed by atoms with Crippen molar-refractivity contribution in [2.45, 2.75) is 24.7 Å². The minimum absolute atomic E-state index is 0.0863. The van der Waals surface area contributed by atoms with Gasteiger partial charge in [-0.1, -0.05) is 30.4 Å². The predicted molar refractivity (Wildman–Crippen MR) is 119 cm³/mol. The number of hydrogen-bond acceptors (Lipinski definition) is 4. The highest BCUT2D eigenvalue weighted by atomic mass is 32.2. The molecule has 7 heteroatoms. The Morgan fingerprint density at radius 3 is 2.30 bits per heavy atom. The van der Waals surface area contributed by atoms with Crippen molar-refractivity contribution in [2.24, 2.45) is 11.8 Å². The van der Waals surface area contributed by atoms with Crippen LogP contribution in [0.1, 0.15) is 18.4 Å². The minimum atomic E-state index is -0.949. The smallest absolute Gasteiger partial charge is 0.307 e. The molecule has 0 heterocycles. The molecule has 0 fully saturated rings. The van der Waals surface area contributed by atoms with Gasteiger partial charge in [-0.3, -0.25) is 14.4 Å². The van der Waals surface area contributed by atoms with E-state index in [1.165, 1.54) is 11.8 Å². The second-order valence-corrected chi connectivity index (χ2v) is 8.21. The van der Waals surface area contributed by atoms with Gasteiger partial charge in [0.2, 0.25) is 11.8 Å². The SMILES string of the molecule is Cc1ccccc1NC(=O)CSc1ccc(NC(=O)C2CC=CCC2C(=O)O)cc1. The first-order valence-corrected chi connectivity index (χ1v) is 10.7. The van der Waals surface area contributed by atoms with Crippen LogP contribution in [0.3, 0.4) is 0 Å². The molecule has 2 amide bonds. The maximum Gasteiger partial charge on any atom is 0.307 e. The molecule has 2 unspecified atom stereocenters. The van der Waals surface area contributed by atoms with Gasteiger partial charge in [-0.25, -0.2) is 0 Å². The van der Waals surface area contributed by atoms with Crippen molar-refractivity contribution in [3.8, 4) is 0 Å². The molecule has 1 aliphatic rings. The van der Waals surface area contributed by atoms with E-state index in [1.54, 1.807) is 12.1 Å². The van der Waals surface area contributed by atoms with Crippen LogP contribution in [0.25, 0.3) is 0 Å². The van der Waals surface area contributed by atoms with E-state index in [4.69, 9.17) is 0 Å². The zero-order valence-electron chi connectivity index (χ0n) is 16.6. The van der Waals surface area contributed by atoms with Crippen molar-refractivity contribution in [1.82, 2.24) is 0 Å². The van der Waals surface area contributed by atoms with E-state index in [0.29, 0.717) is 18.5 Å². The summed E-state index contributed by atoms with van der Waals surface area (Å²) in [4.78, 5) is 37.0. The average molecular weight is 425 g/mol. The number of nitrogens with one attached hydrogen (secondary N) is 2. The van der Waals surface area contributed by atoms with Gasteiger partial charge in [0.15, 0.2) is 0 Å². The first-order valence-electron chi connectivity index (χ1n) is 9.71. The Labute approximate surface area is 179 Å². The average Bonchev–Trinajstić information content (AvgIpc) is 2.75. The van der Waals surface area contributed by atoms with E-state index in [2.05, 4.69) is 10.6 Å². The third kappa shape index (κ3) is 5.73. The number of carboxylic acid groups (broad SMARTS) is 1. The quantitative estimate of drug-likeness (QED) is 0.454. The molecule has 3 N–H and O–H groups in total. The van der Waals surface area contributed by atoms with E-state index in [9.17, 15) is 19.5 Å². The largest absolute Gasteiger partial charge is 0.481 e. The minimum Gasteiger partial charge on any atom is -0.481 e. The van der Waals surface area contributed by atoms with Gasteiger partial charge < -0.3 is 15.7 Å². The van der Waals surface area contributed by atoms with E-state index in [0.717, 1.165) is 16.1 Å². The van der Waals surface area contributed by atoms with Crippen LogP contribution < -0.4 is 10.6 Å². The number of benzene rings is 2. The maximum atomic E-state index is 12.5. The second-order valence-electron chi connectivity index (χ2n) is 7.16. The number of aryl methyl sites for hydroxylation is 1. The van der Waals surface area contributed by atoms with Gasteiger partial charge >= 0.3 is 5.97 Å². The van der Waals surface area contributed by atoms with Gasteiger partial charge in [-0.05, 0) is 55.7 Å². The molecular weight excluding hydrogens is 400 g/mol. The van der Waals surface area contributed by atoms with Crippen LogP contribution in [0.4, 0.5) is 11.4 Å². The molecule has 6 nitrogen and oxygen atoms in total. The normalized spacial score (nSPS) is 17.9. The Bertz CT molecular complexity index is 956. The second kappa shape index (κ2) is 10.1. The summed E-state index contributed by atoms with van der Waals surface area (Å²) in [5.74, 6) is -2.32. The molecular formula is C23H24N2O4S. The number of anilines is 2. The summed E-state index contributed by atoms with van der Waals surface area (Å²) in [7, 11) is 0. The summed E-state index contributed by atoms with van der Waals surface area (Å²) >= 11 is 1.40. The van der Waals surface area contributed by atoms with Gasteiger partial charge in [0, 0.05) is 16.3 Å². The molecule has 0 saturated heterocycles. The van der Waals surface area contributed by atoms with Gasteiger partial charge in [0.1, 0.15) is 0 Å². The molecule has 0 aliphatic heterocycles. The van der Waals surface area contributed by atoms with E-state index >= 15 is 0 Å². The fourth-order valence-corrected chi connectivity index (χ4v) is 3.99. The summed E-state index contributed by atoms with van der Waals surface area (Å²) in [6, 6.07) is 14.8. The molecule has 2 atom stereocenters. The number of carboxylic acids is 1. The third-order valence-corrected chi connectivity index (χ3v) is 6.01. The highest BCUT2D eigenvalue weighted by Crippen LogP contribution is 2.28. The third-order valence-electron chi connectivity index (χ3n) is 5.00. The molecule has 2 aromatic rings. The molecule has 1 aliphatic carbocycles. The lowest BCUT2D eigenvalue weighted by Gasteiger charge is -2.24. The lowest BCUT2D eigenvalue weighted by atomic mass is 9.82. The summed E-state index contributed by atoms with van der Waals surface area (Å²) in [5, 5.41) is 15.0. The molecule has 0 radical (unpaired) electrons. The highest BCUT2D eigenvalue weighted by molar-refractivity contribution is 8.00. The predicted octanol–water partition coefficient (Wildman–Crippen LogP) is 4.33. The summed E-state index contributed by atoms with van der Waals surface area (Å²) in [5.41, 5.74) is 2.42. The molecule has 0 aromatic heterocycles. The molecule has 0 spiro atoms. The Morgan fingerprint density at radius 2 is 1.63 bits per heavy atom. The zero-order valence-corrected chi connectivity index (χ0v) is 17.4. The number of thioether (sulfide) groups is 1. The van der Waals surface area contributed by atoms with Crippen LogP contribution in [0.5, 0.6) is 0 Å². The van der Waals surface area contributed by atoms with Gasteiger partial charge in [-0.15, -0.1) is 11.8 Å². The Kier molecular flexibility index (Phi) is 7.30. The summed E-state index contributed by atoms with van der Waals surface area (Å²) in [6.07, 6.45) is 4.45. The lowest BCUT2D eigenvalue weighted by molar-refractivity contribution is -0.146. The monoisotopic (exact) mass is 424 g/mol. The highest BCUT2D eigenvalue weighted by Gasteiger charge is 2.33. The fourth-order valence-electron chi connectivity index (χ4n) is 3.29. The van der Waals surface area contributed by atoms with Gasteiger partial charge in [-0.2, -0.15) is 0 Å². The van der Waals surface area contributed by atoms with Crippen molar-refractivity contribution >= 4 is 40.9 Å². The van der Waals surface area contributed by atoms with Crippen LogP contribution in [0.2, 0.25) is 0 Å². The lowest BCUT2D eigenvalue weighted by Crippen LogP contribution is -2.34.